The highest BCUT2D eigenvalue weighted by molar-refractivity contribution is 6.34. The average molecular weight is 432 g/mol. The third-order valence-electron chi connectivity index (χ3n) is 6.40. The molecule has 1 aromatic carbocycles. The van der Waals surface area contributed by atoms with Crippen molar-refractivity contribution in [2.45, 2.75) is 38.1 Å². The fourth-order valence-electron chi connectivity index (χ4n) is 4.67. The van der Waals surface area contributed by atoms with Gasteiger partial charge in [-0.2, -0.15) is 0 Å². The van der Waals surface area contributed by atoms with Crippen LogP contribution in [0.5, 0.6) is 0 Å². The molecule has 1 aliphatic carbocycles. The van der Waals surface area contributed by atoms with Crippen molar-refractivity contribution in [2.24, 2.45) is 5.41 Å². The van der Waals surface area contributed by atoms with Crippen molar-refractivity contribution < 1.29 is 14.4 Å². The van der Waals surface area contributed by atoms with E-state index < -0.39 is 0 Å². The number of carbonyl (C=O) groups is 3. The van der Waals surface area contributed by atoms with Crippen LogP contribution in [0.15, 0.2) is 35.7 Å². The largest absolute Gasteiger partial charge is 0.362 e. The quantitative estimate of drug-likeness (QED) is 0.574. The molecule has 2 fully saturated rings. The van der Waals surface area contributed by atoms with Crippen LogP contribution < -0.4 is 26.2 Å². The molecule has 0 bridgehead atoms. The van der Waals surface area contributed by atoms with Crippen LogP contribution in [0.25, 0.3) is 0 Å². The van der Waals surface area contributed by atoms with Gasteiger partial charge in [-0.3, -0.25) is 14.4 Å². The van der Waals surface area contributed by atoms with Crippen molar-refractivity contribution in [2.75, 3.05) is 25.2 Å². The fourth-order valence-corrected chi connectivity index (χ4v) is 4.91. The number of amides is 3. The van der Waals surface area contributed by atoms with Crippen molar-refractivity contribution in [3.63, 3.8) is 0 Å². The van der Waals surface area contributed by atoms with Gasteiger partial charge >= 0.3 is 0 Å². The second-order valence-electron chi connectivity index (χ2n) is 8.05. The summed E-state index contributed by atoms with van der Waals surface area (Å²) >= 11 is 6.30. The predicted molar refractivity (Wildman–Crippen MR) is 113 cm³/mol. The van der Waals surface area contributed by atoms with Crippen LogP contribution in [-0.2, 0) is 14.4 Å². The first-order chi connectivity index (χ1) is 14.4. The number of likely N-dealkylation sites (N-methyl/N-ethyl adjacent to an activating group) is 1. The Morgan fingerprint density at radius 3 is 2.43 bits per heavy atom. The molecule has 3 amide bonds. The Bertz CT molecular complexity index is 908. The van der Waals surface area contributed by atoms with Crippen LogP contribution in [0.1, 0.15) is 32.1 Å². The highest BCUT2D eigenvalue weighted by Gasteiger charge is 2.49. The number of nitrogens with one attached hydrogen (secondary N) is 4. The first kappa shape index (κ1) is 20.5. The lowest BCUT2D eigenvalue weighted by atomic mass is 9.71. The number of benzene rings is 1. The number of hydrogen-bond donors (Lipinski definition) is 4. The lowest BCUT2D eigenvalue weighted by Crippen LogP contribution is -2.45. The molecule has 0 unspecified atom stereocenters. The van der Waals surface area contributed by atoms with E-state index in [1.165, 1.54) is 7.05 Å². The van der Waals surface area contributed by atoms with Gasteiger partial charge in [0.25, 0.3) is 11.8 Å². The summed E-state index contributed by atoms with van der Waals surface area (Å²) in [6.45, 7) is 1.00. The SMILES string of the molecule is CNC(=O)C1=C(C(=O)N[C@H]2CC[C@@]3(CCN(c4ccccc4Cl)C3=O)CC2)NCN1. The molecule has 4 N–H and O–H groups in total. The lowest BCUT2D eigenvalue weighted by Gasteiger charge is -2.36. The van der Waals surface area contributed by atoms with Crippen molar-refractivity contribution >= 4 is 35.0 Å². The van der Waals surface area contributed by atoms with E-state index in [1.54, 1.807) is 11.0 Å². The number of nitrogens with zero attached hydrogens (tertiary/aromatic N) is 1. The fraction of sp³-hybridized carbons (Fsp3) is 0.476. The van der Waals surface area contributed by atoms with Crippen LogP contribution in [-0.4, -0.2) is 44.0 Å². The van der Waals surface area contributed by atoms with Crippen LogP contribution in [0, 0.1) is 5.41 Å². The molecule has 30 heavy (non-hydrogen) atoms. The zero-order chi connectivity index (χ0) is 21.3. The Hall–Kier alpha value is -2.74. The summed E-state index contributed by atoms with van der Waals surface area (Å²) in [4.78, 5) is 39.6. The molecule has 8 nitrogen and oxygen atoms in total. The molecule has 0 radical (unpaired) electrons. The Labute approximate surface area is 180 Å². The van der Waals surface area contributed by atoms with Gasteiger partial charge in [0.1, 0.15) is 11.4 Å². The number of para-hydroxylation sites is 1. The van der Waals surface area contributed by atoms with Crippen LogP contribution >= 0.6 is 11.6 Å². The molecule has 160 valence electrons. The van der Waals surface area contributed by atoms with E-state index in [0.29, 0.717) is 18.2 Å². The molecule has 2 aliphatic heterocycles. The van der Waals surface area contributed by atoms with Gasteiger partial charge in [0, 0.05) is 19.6 Å². The van der Waals surface area contributed by atoms with Crippen molar-refractivity contribution in [3.8, 4) is 0 Å². The maximum Gasteiger partial charge on any atom is 0.269 e. The van der Waals surface area contributed by atoms with E-state index in [9.17, 15) is 14.4 Å². The minimum Gasteiger partial charge on any atom is -0.362 e. The van der Waals surface area contributed by atoms with Gasteiger partial charge in [-0.05, 0) is 44.2 Å². The third-order valence-corrected chi connectivity index (χ3v) is 6.72. The van der Waals surface area contributed by atoms with E-state index in [4.69, 9.17) is 11.6 Å². The first-order valence-corrected chi connectivity index (χ1v) is 10.6. The molecule has 4 rings (SSSR count). The molecule has 1 saturated heterocycles. The van der Waals surface area contributed by atoms with Gasteiger partial charge in [0.15, 0.2) is 0 Å². The lowest BCUT2D eigenvalue weighted by molar-refractivity contribution is -0.127. The standard InChI is InChI=1S/C21H26ClN5O3/c1-23-18(28)16-17(25-12-24-16)19(29)26-13-6-8-21(9-7-13)10-11-27(20(21)30)15-5-3-2-4-14(15)22/h2-5,13,24-25H,6-12H2,1H3,(H,23,28)(H,26,29)/t13-,21-. The first-order valence-electron chi connectivity index (χ1n) is 10.3. The van der Waals surface area contributed by atoms with Gasteiger partial charge in [0.05, 0.1) is 22.8 Å². The van der Waals surface area contributed by atoms with Crippen LogP contribution in [0.3, 0.4) is 0 Å². The highest BCUT2D eigenvalue weighted by Crippen LogP contribution is 2.46. The van der Waals surface area contributed by atoms with Gasteiger partial charge in [-0.15, -0.1) is 0 Å². The van der Waals surface area contributed by atoms with E-state index >= 15 is 0 Å². The molecule has 2 heterocycles. The Kier molecular flexibility index (Phi) is 5.60. The summed E-state index contributed by atoms with van der Waals surface area (Å²) in [5.41, 5.74) is 0.908. The molecular weight excluding hydrogens is 406 g/mol. The van der Waals surface area contributed by atoms with E-state index in [-0.39, 0.29) is 40.6 Å². The summed E-state index contributed by atoms with van der Waals surface area (Å²) < 4.78 is 0. The minimum atomic E-state index is -0.375. The number of carbonyl (C=O) groups excluding carboxylic acids is 3. The summed E-state index contributed by atoms with van der Waals surface area (Å²) in [5, 5.41) is 11.9. The average Bonchev–Trinajstić information content (AvgIpc) is 3.36. The van der Waals surface area contributed by atoms with Crippen LogP contribution in [0.4, 0.5) is 5.69 Å². The zero-order valence-corrected chi connectivity index (χ0v) is 17.6. The minimum absolute atomic E-state index is 0.0221. The number of rotatable bonds is 4. The second kappa shape index (κ2) is 8.18. The van der Waals surface area contributed by atoms with E-state index in [2.05, 4.69) is 21.3 Å². The van der Waals surface area contributed by atoms with Crippen molar-refractivity contribution in [1.29, 1.82) is 0 Å². The molecule has 1 saturated carbocycles. The second-order valence-corrected chi connectivity index (χ2v) is 8.45. The van der Waals surface area contributed by atoms with E-state index in [1.807, 2.05) is 18.2 Å². The van der Waals surface area contributed by atoms with Crippen molar-refractivity contribution in [1.82, 2.24) is 21.3 Å². The van der Waals surface area contributed by atoms with Crippen molar-refractivity contribution in [3.05, 3.63) is 40.7 Å². The molecule has 9 heteroatoms. The smallest absolute Gasteiger partial charge is 0.269 e. The van der Waals surface area contributed by atoms with Gasteiger partial charge < -0.3 is 26.2 Å². The maximum atomic E-state index is 13.2. The normalized spacial score (nSPS) is 25.9. The summed E-state index contributed by atoms with van der Waals surface area (Å²) in [6, 6.07) is 7.40. The number of hydrogen-bond acceptors (Lipinski definition) is 5. The van der Waals surface area contributed by atoms with E-state index in [0.717, 1.165) is 37.8 Å². The van der Waals surface area contributed by atoms with Gasteiger partial charge in [-0.25, -0.2) is 0 Å². The molecule has 1 aromatic rings. The third kappa shape index (κ3) is 3.60. The number of halogens is 1. The summed E-state index contributed by atoms with van der Waals surface area (Å²) in [5.74, 6) is -0.495. The monoisotopic (exact) mass is 431 g/mol. The summed E-state index contributed by atoms with van der Waals surface area (Å²) in [7, 11) is 1.52. The zero-order valence-electron chi connectivity index (χ0n) is 16.9. The van der Waals surface area contributed by atoms with Gasteiger partial charge in [0.2, 0.25) is 5.91 Å². The molecule has 3 aliphatic rings. The molecule has 0 atom stereocenters. The Morgan fingerprint density at radius 1 is 1.10 bits per heavy atom. The molecular formula is C21H26ClN5O3. The Balaban J connectivity index is 1.38. The maximum absolute atomic E-state index is 13.2. The van der Waals surface area contributed by atoms with Gasteiger partial charge in [-0.1, -0.05) is 23.7 Å². The Morgan fingerprint density at radius 2 is 1.77 bits per heavy atom. The molecule has 1 spiro atoms. The summed E-state index contributed by atoms with van der Waals surface area (Å²) in [6.07, 6.45) is 3.71. The van der Waals surface area contributed by atoms with Crippen LogP contribution in [0.2, 0.25) is 5.02 Å². The molecule has 0 aromatic heterocycles. The topological polar surface area (TPSA) is 103 Å². The highest BCUT2D eigenvalue weighted by atomic mass is 35.5. The predicted octanol–water partition coefficient (Wildman–Crippen LogP) is 1.23. The number of anilines is 1.